The van der Waals surface area contributed by atoms with Gasteiger partial charge in [0.05, 0.1) is 0 Å². The predicted octanol–water partition coefficient (Wildman–Crippen LogP) is 1.88. The van der Waals surface area contributed by atoms with Crippen molar-refractivity contribution in [2.45, 2.75) is 52.0 Å². The summed E-state index contributed by atoms with van der Waals surface area (Å²) in [6, 6.07) is 0.374. The average molecular weight is 172 g/mol. The van der Waals surface area contributed by atoms with Gasteiger partial charge in [0.25, 0.3) is 0 Å². The van der Waals surface area contributed by atoms with Gasteiger partial charge >= 0.3 is 0 Å². The molecule has 2 heteroatoms. The highest BCUT2D eigenvalue weighted by molar-refractivity contribution is 4.71. The van der Waals surface area contributed by atoms with Crippen LogP contribution in [0.1, 0.15) is 46.0 Å². The Labute approximate surface area is 76.7 Å². The Morgan fingerprint density at radius 2 is 1.83 bits per heavy atom. The third-order valence-corrected chi connectivity index (χ3v) is 2.56. The van der Waals surface area contributed by atoms with Crippen LogP contribution >= 0.6 is 0 Å². The molecule has 2 nitrogen and oxygen atoms in total. The third-order valence-electron chi connectivity index (χ3n) is 2.56. The number of hydrogen-bond acceptors (Lipinski definition) is 2. The maximum absolute atomic E-state index is 6.05. The van der Waals surface area contributed by atoms with E-state index in [2.05, 4.69) is 13.8 Å². The van der Waals surface area contributed by atoms with Crippen molar-refractivity contribution in [1.82, 2.24) is 0 Å². The zero-order valence-electron chi connectivity index (χ0n) is 8.55. The van der Waals surface area contributed by atoms with Crippen LogP contribution in [0.15, 0.2) is 0 Å². The minimum absolute atomic E-state index is 0.374. The van der Waals surface area contributed by atoms with Crippen LogP contribution in [0, 0.1) is 5.92 Å². The van der Waals surface area contributed by atoms with Gasteiger partial charge in [0.15, 0.2) is 0 Å². The molecule has 2 unspecified atom stereocenters. The smallest absolute Gasteiger partial charge is 0.00675 e. The van der Waals surface area contributed by atoms with Crippen molar-refractivity contribution in [2.24, 2.45) is 17.4 Å². The molecule has 74 valence electrons. The lowest BCUT2D eigenvalue weighted by molar-refractivity contribution is 0.363. The molecule has 0 radical (unpaired) electrons. The molecular formula is C10H24N2. The standard InChI is InChI=1S/C10H24N2/c1-3-5-6-10(12)9(4-2)7-8-11/h9-10H,3-8,11-12H2,1-2H3. The second kappa shape index (κ2) is 7.56. The first-order valence-corrected chi connectivity index (χ1v) is 5.21. The largest absolute Gasteiger partial charge is 0.330 e. The van der Waals surface area contributed by atoms with Gasteiger partial charge in [-0.25, -0.2) is 0 Å². The van der Waals surface area contributed by atoms with E-state index in [1.165, 1.54) is 19.3 Å². The van der Waals surface area contributed by atoms with Crippen LogP contribution in [-0.4, -0.2) is 12.6 Å². The highest BCUT2D eigenvalue weighted by Crippen LogP contribution is 2.15. The molecule has 0 fully saturated rings. The lowest BCUT2D eigenvalue weighted by Crippen LogP contribution is -2.31. The van der Waals surface area contributed by atoms with Gasteiger partial charge in [-0.15, -0.1) is 0 Å². The summed E-state index contributed by atoms with van der Waals surface area (Å²) in [7, 11) is 0. The molecule has 0 amide bonds. The number of rotatable bonds is 7. The molecule has 0 aliphatic rings. The summed E-state index contributed by atoms with van der Waals surface area (Å²) >= 11 is 0. The predicted molar refractivity (Wildman–Crippen MR) is 55.0 cm³/mol. The first-order valence-electron chi connectivity index (χ1n) is 5.21. The fourth-order valence-electron chi connectivity index (χ4n) is 1.61. The van der Waals surface area contributed by atoms with Gasteiger partial charge in [-0.1, -0.05) is 33.1 Å². The topological polar surface area (TPSA) is 52.0 Å². The van der Waals surface area contributed by atoms with Crippen LogP contribution in [0.2, 0.25) is 0 Å². The quantitative estimate of drug-likeness (QED) is 0.616. The van der Waals surface area contributed by atoms with Crippen molar-refractivity contribution in [1.29, 1.82) is 0 Å². The molecule has 0 aromatic rings. The summed E-state index contributed by atoms with van der Waals surface area (Å²) < 4.78 is 0. The van der Waals surface area contributed by atoms with Gasteiger partial charge in [0, 0.05) is 6.04 Å². The minimum atomic E-state index is 0.374. The molecule has 0 spiro atoms. The highest BCUT2D eigenvalue weighted by Gasteiger charge is 2.13. The molecule has 0 rings (SSSR count). The maximum Gasteiger partial charge on any atom is 0.00675 e. The van der Waals surface area contributed by atoms with Crippen LogP contribution in [0.25, 0.3) is 0 Å². The Morgan fingerprint density at radius 3 is 2.25 bits per heavy atom. The van der Waals surface area contributed by atoms with Crippen molar-refractivity contribution in [3.63, 3.8) is 0 Å². The van der Waals surface area contributed by atoms with Gasteiger partial charge in [0.2, 0.25) is 0 Å². The van der Waals surface area contributed by atoms with Crippen LogP contribution in [0.4, 0.5) is 0 Å². The second-order valence-corrected chi connectivity index (χ2v) is 3.55. The zero-order valence-corrected chi connectivity index (χ0v) is 8.55. The van der Waals surface area contributed by atoms with Crippen LogP contribution in [-0.2, 0) is 0 Å². The van der Waals surface area contributed by atoms with Gasteiger partial charge in [0.1, 0.15) is 0 Å². The fraction of sp³-hybridized carbons (Fsp3) is 1.00. The Bertz CT molecular complexity index is 93.8. The third kappa shape index (κ3) is 4.73. The Hall–Kier alpha value is -0.0800. The van der Waals surface area contributed by atoms with Gasteiger partial charge < -0.3 is 11.5 Å². The molecule has 0 aliphatic carbocycles. The van der Waals surface area contributed by atoms with Crippen molar-refractivity contribution < 1.29 is 0 Å². The number of hydrogen-bond donors (Lipinski definition) is 2. The molecule has 2 atom stereocenters. The summed E-state index contributed by atoms with van der Waals surface area (Å²) in [5, 5.41) is 0. The van der Waals surface area contributed by atoms with Crippen LogP contribution in [0.3, 0.4) is 0 Å². The van der Waals surface area contributed by atoms with Crippen LogP contribution < -0.4 is 11.5 Å². The van der Waals surface area contributed by atoms with Crippen molar-refractivity contribution >= 4 is 0 Å². The molecule has 0 aliphatic heterocycles. The van der Waals surface area contributed by atoms with Crippen molar-refractivity contribution in [3.05, 3.63) is 0 Å². The number of unbranched alkanes of at least 4 members (excludes halogenated alkanes) is 1. The summed E-state index contributed by atoms with van der Waals surface area (Å²) in [6.07, 6.45) is 5.91. The van der Waals surface area contributed by atoms with Gasteiger partial charge in [-0.3, -0.25) is 0 Å². The first-order chi connectivity index (χ1) is 5.76. The maximum atomic E-state index is 6.05. The minimum Gasteiger partial charge on any atom is -0.330 e. The first kappa shape index (κ1) is 11.9. The molecule has 0 saturated heterocycles. The van der Waals surface area contributed by atoms with Crippen molar-refractivity contribution in [3.8, 4) is 0 Å². The van der Waals surface area contributed by atoms with E-state index in [4.69, 9.17) is 11.5 Å². The molecule has 12 heavy (non-hydrogen) atoms. The number of nitrogens with two attached hydrogens (primary N) is 2. The Balaban J connectivity index is 3.60. The lowest BCUT2D eigenvalue weighted by Gasteiger charge is -2.21. The Morgan fingerprint density at radius 1 is 1.17 bits per heavy atom. The molecule has 0 heterocycles. The molecule has 0 aromatic carbocycles. The molecule has 0 bridgehead atoms. The Kier molecular flexibility index (Phi) is 7.51. The zero-order chi connectivity index (χ0) is 9.40. The van der Waals surface area contributed by atoms with Crippen molar-refractivity contribution in [2.75, 3.05) is 6.54 Å². The summed E-state index contributed by atoms with van der Waals surface area (Å²) in [6.45, 7) is 5.18. The lowest BCUT2D eigenvalue weighted by atomic mass is 9.91. The summed E-state index contributed by atoms with van der Waals surface area (Å²) in [5.74, 6) is 0.640. The van der Waals surface area contributed by atoms with E-state index in [0.717, 1.165) is 19.4 Å². The summed E-state index contributed by atoms with van der Waals surface area (Å²) in [4.78, 5) is 0. The molecular weight excluding hydrogens is 148 g/mol. The summed E-state index contributed by atoms with van der Waals surface area (Å²) in [5.41, 5.74) is 11.6. The van der Waals surface area contributed by atoms with E-state index in [0.29, 0.717) is 12.0 Å². The monoisotopic (exact) mass is 172 g/mol. The van der Waals surface area contributed by atoms with E-state index >= 15 is 0 Å². The van der Waals surface area contributed by atoms with E-state index < -0.39 is 0 Å². The molecule has 0 aromatic heterocycles. The van der Waals surface area contributed by atoms with Gasteiger partial charge in [-0.05, 0) is 25.3 Å². The normalized spacial score (nSPS) is 16.0. The van der Waals surface area contributed by atoms with E-state index in [-0.39, 0.29) is 0 Å². The van der Waals surface area contributed by atoms with Gasteiger partial charge in [-0.2, -0.15) is 0 Å². The average Bonchev–Trinajstić information content (AvgIpc) is 2.10. The van der Waals surface area contributed by atoms with E-state index in [1.54, 1.807) is 0 Å². The fourth-order valence-corrected chi connectivity index (χ4v) is 1.61. The van der Waals surface area contributed by atoms with Crippen LogP contribution in [0.5, 0.6) is 0 Å². The highest BCUT2D eigenvalue weighted by atomic mass is 14.7. The van der Waals surface area contributed by atoms with E-state index in [1.807, 2.05) is 0 Å². The molecule has 4 N–H and O–H groups in total. The van der Waals surface area contributed by atoms with E-state index in [9.17, 15) is 0 Å². The second-order valence-electron chi connectivity index (χ2n) is 3.55. The SMILES string of the molecule is CCCCC(N)C(CC)CCN. The molecule has 0 saturated carbocycles.